The van der Waals surface area contributed by atoms with Crippen LogP contribution in [0.2, 0.25) is 0 Å². The average molecular weight is 246 g/mol. The Morgan fingerprint density at radius 3 is 2.61 bits per heavy atom. The van der Waals surface area contributed by atoms with E-state index >= 15 is 0 Å². The smallest absolute Gasteiger partial charge is 0.0610 e. The molecule has 1 aromatic carbocycles. The lowest BCUT2D eigenvalue weighted by Crippen LogP contribution is -2.43. The molecule has 0 spiro atoms. The van der Waals surface area contributed by atoms with Crippen molar-refractivity contribution in [3.05, 3.63) is 35.5 Å². The van der Waals surface area contributed by atoms with Crippen LogP contribution in [-0.4, -0.2) is 34.2 Å². The molecule has 0 aliphatic heterocycles. The number of benzene rings is 1. The molecule has 2 rings (SSSR count). The maximum atomic E-state index is 9.43. The monoisotopic (exact) mass is 246 g/mol. The molecule has 0 bridgehead atoms. The number of rotatable bonds is 4. The molecular formula is C15H22N2O. The fourth-order valence-electron chi connectivity index (χ4n) is 2.11. The second kappa shape index (κ2) is 4.75. The first kappa shape index (κ1) is 13.1. The van der Waals surface area contributed by atoms with Gasteiger partial charge in [-0.15, -0.1) is 0 Å². The van der Waals surface area contributed by atoms with E-state index in [2.05, 4.69) is 55.9 Å². The maximum Gasteiger partial charge on any atom is 0.0610 e. The standard InChI is InChI=1S/C15H22N2O/c1-11-13(9-17(4)15(2,3)10-18)12-7-5-6-8-14(12)16-11/h5-8,16,18H,9-10H2,1-4H3. The summed E-state index contributed by atoms with van der Waals surface area (Å²) < 4.78 is 0. The van der Waals surface area contributed by atoms with Gasteiger partial charge < -0.3 is 10.1 Å². The molecule has 0 unspecified atom stereocenters. The topological polar surface area (TPSA) is 39.3 Å². The van der Waals surface area contributed by atoms with E-state index in [-0.39, 0.29) is 12.1 Å². The second-order valence-electron chi connectivity index (χ2n) is 5.60. The molecule has 0 radical (unpaired) electrons. The molecule has 1 aromatic heterocycles. The zero-order valence-electron chi connectivity index (χ0n) is 11.6. The summed E-state index contributed by atoms with van der Waals surface area (Å²) in [6.45, 7) is 7.21. The summed E-state index contributed by atoms with van der Waals surface area (Å²) in [5.74, 6) is 0. The van der Waals surface area contributed by atoms with E-state index in [1.165, 1.54) is 22.2 Å². The van der Waals surface area contributed by atoms with Crippen molar-refractivity contribution in [3.8, 4) is 0 Å². The summed E-state index contributed by atoms with van der Waals surface area (Å²) in [5.41, 5.74) is 3.50. The quantitative estimate of drug-likeness (QED) is 0.870. The third kappa shape index (κ3) is 2.28. The van der Waals surface area contributed by atoms with Crippen molar-refractivity contribution in [2.24, 2.45) is 0 Å². The predicted molar refractivity (Wildman–Crippen MR) is 75.7 cm³/mol. The van der Waals surface area contributed by atoms with Crippen molar-refractivity contribution < 1.29 is 5.11 Å². The summed E-state index contributed by atoms with van der Waals surface area (Å²) in [5, 5.41) is 10.7. The SMILES string of the molecule is Cc1[nH]c2ccccc2c1CN(C)C(C)(C)CO. The number of hydrogen-bond donors (Lipinski definition) is 2. The first-order chi connectivity index (χ1) is 8.45. The lowest BCUT2D eigenvalue weighted by molar-refractivity contribution is 0.0735. The van der Waals surface area contributed by atoms with E-state index in [1.807, 2.05) is 6.07 Å². The van der Waals surface area contributed by atoms with Crippen LogP contribution >= 0.6 is 0 Å². The third-order valence-electron chi connectivity index (χ3n) is 3.84. The summed E-state index contributed by atoms with van der Waals surface area (Å²) >= 11 is 0. The Labute approximate surface area is 108 Å². The van der Waals surface area contributed by atoms with Crippen molar-refractivity contribution in [1.82, 2.24) is 9.88 Å². The van der Waals surface area contributed by atoms with E-state index in [1.54, 1.807) is 0 Å². The highest BCUT2D eigenvalue weighted by atomic mass is 16.3. The van der Waals surface area contributed by atoms with Gasteiger partial charge in [0, 0.05) is 28.7 Å². The minimum absolute atomic E-state index is 0.158. The van der Waals surface area contributed by atoms with Crippen molar-refractivity contribution in [2.75, 3.05) is 13.7 Å². The van der Waals surface area contributed by atoms with Gasteiger partial charge in [0.05, 0.1) is 6.61 Å². The van der Waals surface area contributed by atoms with Crippen LogP contribution in [0.5, 0.6) is 0 Å². The highest BCUT2D eigenvalue weighted by Gasteiger charge is 2.23. The number of aliphatic hydroxyl groups is 1. The molecule has 18 heavy (non-hydrogen) atoms. The first-order valence-electron chi connectivity index (χ1n) is 6.34. The molecule has 3 nitrogen and oxygen atoms in total. The van der Waals surface area contributed by atoms with Gasteiger partial charge in [-0.25, -0.2) is 0 Å². The zero-order chi connectivity index (χ0) is 13.3. The molecule has 0 aliphatic rings. The number of aliphatic hydroxyl groups excluding tert-OH is 1. The van der Waals surface area contributed by atoms with Gasteiger partial charge in [0.15, 0.2) is 0 Å². The van der Waals surface area contributed by atoms with Gasteiger partial charge in [-0.3, -0.25) is 4.90 Å². The fourth-order valence-corrected chi connectivity index (χ4v) is 2.11. The van der Waals surface area contributed by atoms with Crippen LogP contribution in [0.3, 0.4) is 0 Å². The molecule has 98 valence electrons. The van der Waals surface area contributed by atoms with Crippen LogP contribution in [0.15, 0.2) is 24.3 Å². The van der Waals surface area contributed by atoms with E-state index in [0.29, 0.717) is 0 Å². The van der Waals surface area contributed by atoms with Crippen molar-refractivity contribution >= 4 is 10.9 Å². The van der Waals surface area contributed by atoms with Gasteiger partial charge in [0.2, 0.25) is 0 Å². The zero-order valence-corrected chi connectivity index (χ0v) is 11.6. The number of H-pyrrole nitrogens is 1. The maximum absolute atomic E-state index is 9.43. The summed E-state index contributed by atoms with van der Waals surface area (Å²) in [6.07, 6.45) is 0. The molecule has 2 N–H and O–H groups in total. The summed E-state index contributed by atoms with van der Waals surface area (Å²) in [4.78, 5) is 5.60. The Hall–Kier alpha value is -1.32. The molecule has 0 fully saturated rings. The van der Waals surface area contributed by atoms with Crippen LogP contribution in [0.25, 0.3) is 10.9 Å². The van der Waals surface area contributed by atoms with E-state index in [4.69, 9.17) is 0 Å². The molecule has 0 saturated heterocycles. The van der Waals surface area contributed by atoms with Crippen molar-refractivity contribution in [1.29, 1.82) is 0 Å². The highest BCUT2D eigenvalue weighted by molar-refractivity contribution is 5.84. The fraction of sp³-hybridized carbons (Fsp3) is 0.467. The minimum atomic E-state index is -0.204. The Morgan fingerprint density at radius 2 is 1.94 bits per heavy atom. The molecule has 0 amide bonds. The van der Waals surface area contributed by atoms with Crippen LogP contribution in [0.4, 0.5) is 0 Å². The lowest BCUT2D eigenvalue weighted by atomic mass is 10.0. The Kier molecular flexibility index (Phi) is 3.46. The summed E-state index contributed by atoms with van der Waals surface area (Å²) in [6, 6.07) is 8.36. The van der Waals surface area contributed by atoms with Gasteiger partial charge in [-0.2, -0.15) is 0 Å². The highest BCUT2D eigenvalue weighted by Crippen LogP contribution is 2.25. The number of aromatic amines is 1. The van der Waals surface area contributed by atoms with Gasteiger partial charge in [-0.1, -0.05) is 18.2 Å². The molecule has 0 aliphatic carbocycles. The van der Waals surface area contributed by atoms with Gasteiger partial charge >= 0.3 is 0 Å². The van der Waals surface area contributed by atoms with E-state index in [9.17, 15) is 5.11 Å². The molecule has 2 aromatic rings. The van der Waals surface area contributed by atoms with E-state index < -0.39 is 0 Å². The number of fused-ring (bicyclic) bond motifs is 1. The van der Waals surface area contributed by atoms with Crippen LogP contribution in [0, 0.1) is 6.92 Å². The van der Waals surface area contributed by atoms with Crippen LogP contribution < -0.4 is 0 Å². The predicted octanol–water partition coefficient (Wildman–Crippen LogP) is 2.68. The van der Waals surface area contributed by atoms with Gasteiger partial charge in [0.25, 0.3) is 0 Å². The average Bonchev–Trinajstić information content (AvgIpc) is 2.66. The Bertz CT molecular complexity index is 542. The lowest BCUT2D eigenvalue weighted by Gasteiger charge is -2.34. The first-order valence-corrected chi connectivity index (χ1v) is 6.34. The Morgan fingerprint density at radius 1 is 1.28 bits per heavy atom. The number of nitrogens with zero attached hydrogens (tertiary/aromatic N) is 1. The number of hydrogen-bond acceptors (Lipinski definition) is 2. The molecule has 0 saturated carbocycles. The number of likely N-dealkylation sites (N-methyl/N-ethyl adjacent to an activating group) is 1. The van der Waals surface area contributed by atoms with Crippen LogP contribution in [-0.2, 0) is 6.54 Å². The van der Waals surface area contributed by atoms with Crippen molar-refractivity contribution in [3.63, 3.8) is 0 Å². The molecular weight excluding hydrogens is 224 g/mol. The van der Waals surface area contributed by atoms with Gasteiger partial charge in [0.1, 0.15) is 0 Å². The molecule has 3 heteroatoms. The van der Waals surface area contributed by atoms with E-state index in [0.717, 1.165) is 6.54 Å². The number of aromatic nitrogens is 1. The normalized spacial score (nSPS) is 12.6. The number of aryl methyl sites for hydroxylation is 1. The largest absolute Gasteiger partial charge is 0.394 e. The Balaban J connectivity index is 2.35. The van der Waals surface area contributed by atoms with Gasteiger partial charge in [-0.05, 0) is 39.4 Å². The minimum Gasteiger partial charge on any atom is -0.394 e. The molecule has 0 atom stereocenters. The molecule has 1 heterocycles. The van der Waals surface area contributed by atoms with Crippen LogP contribution in [0.1, 0.15) is 25.1 Å². The van der Waals surface area contributed by atoms with Crippen molar-refractivity contribution in [2.45, 2.75) is 32.9 Å². The number of nitrogens with one attached hydrogen (secondary N) is 1. The summed E-state index contributed by atoms with van der Waals surface area (Å²) in [7, 11) is 2.05. The third-order valence-corrected chi connectivity index (χ3v) is 3.84. The second-order valence-corrected chi connectivity index (χ2v) is 5.60. The number of para-hydroxylation sites is 1.